The van der Waals surface area contributed by atoms with Gasteiger partial charge in [0.1, 0.15) is 0 Å². The molecule has 0 radical (unpaired) electrons. The summed E-state index contributed by atoms with van der Waals surface area (Å²) in [5.41, 5.74) is 0.149. The van der Waals surface area contributed by atoms with Gasteiger partial charge in [0, 0.05) is 12.0 Å². The summed E-state index contributed by atoms with van der Waals surface area (Å²) >= 11 is 0. The quantitative estimate of drug-likeness (QED) is 0.850. The van der Waals surface area contributed by atoms with E-state index in [1.54, 1.807) is 26.2 Å². The van der Waals surface area contributed by atoms with Crippen LogP contribution in [-0.2, 0) is 15.5 Å². The minimum absolute atomic E-state index is 0.149. The number of carboxylic acid groups (broad SMARTS) is 1. The molecule has 0 fully saturated rings. The smallest absolute Gasteiger partial charge is 0.335 e. The molecule has 1 aromatic carbocycles. The van der Waals surface area contributed by atoms with Gasteiger partial charge >= 0.3 is 5.97 Å². The summed E-state index contributed by atoms with van der Waals surface area (Å²) < 4.78 is 16.9. The van der Waals surface area contributed by atoms with Gasteiger partial charge in [-0.1, -0.05) is 6.07 Å². The molecule has 0 amide bonds. The van der Waals surface area contributed by atoms with Crippen molar-refractivity contribution in [2.75, 3.05) is 13.7 Å². The molecule has 1 N–H and O–H groups in total. The van der Waals surface area contributed by atoms with Gasteiger partial charge in [-0.25, -0.2) is 4.79 Å². The Morgan fingerprint density at radius 3 is 2.81 bits per heavy atom. The molecular formula is C11H14O4S. The number of methoxy groups -OCH3 is 1. The number of hydrogen-bond acceptors (Lipinski definition) is 3. The lowest BCUT2D eigenvalue weighted by Gasteiger charge is -2.10. The van der Waals surface area contributed by atoms with Crippen LogP contribution >= 0.6 is 0 Å². The molecule has 4 nitrogen and oxygen atoms in total. The standard InChI is InChI=1S/C11H14O4S/c1-8(7-15-2)16(14)10-5-3-4-9(6-10)11(12)13/h3-6,8H,7H2,1-2H3,(H,12,13). The van der Waals surface area contributed by atoms with Crippen molar-refractivity contribution in [3.63, 3.8) is 0 Å². The van der Waals surface area contributed by atoms with E-state index in [-0.39, 0.29) is 10.8 Å². The highest BCUT2D eigenvalue weighted by Gasteiger charge is 2.14. The molecule has 0 bridgehead atoms. The molecule has 0 aliphatic heterocycles. The van der Waals surface area contributed by atoms with Crippen molar-refractivity contribution in [2.45, 2.75) is 17.1 Å². The highest BCUT2D eigenvalue weighted by molar-refractivity contribution is 7.85. The Kier molecular flexibility index (Phi) is 4.64. The Bertz CT molecular complexity index is 403. The first-order valence-corrected chi connectivity index (χ1v) is 6.00. The SMILES string of the molecule is COCC(C)S(=O)c1cccc(C(=O)O)c1. The van der Waals surface area contributed by atoms with Crippen LogP contribution in [0, 0.1) is 0 Å². The highest BCUT2D eigenvalue weighted by Crippen LogP contribution is 2.13. The van der Waals surface area contributed by atoms with Crippen molar-refractivity contribution in [3.05, 3.63) is 29.8 Å². The van der Waals surface area contributed by atoms with Crippen molar-refractivity contribution < 1.29 is 18.8 Å². The Morgan fingerprint density at radius 1 is 1.56 bits per heavy atom. The molecule has 0 aliphatic carbocycles. The summed E-state index contributed by atoms with van der Waals surface area (Å²) in [6.45, 7) is 2.18. The third kappa shape index (κ3) is 3.15. The van der Waals surface area contributed by atoms with Crippen molar-refractivity contribution >= 4 is 16.8 Å². The van der Waals surface area contributed by atoms with E-state index < -0.39 is 16.8 Å². The number of ether oxygens (including phenoxy) is 1. The van der Waals surface area contributed by atoms with Gasteiger partial charge in [-0.05, 0) is 25.1 Å². The van der Waals surface area contributed by atoms with Crippen LogP contribution in [0.3, 0.4) is 0 Å². The topological polar surface area (TPSA) is 63.6 Å². The van der Waals surface area contributed by atoms with E-state index in [2.05, 4.69) is 0 Å². The monoisotopic (exact) mass is 242 g/mol. The fraction of sp³-hybridized carbons (Fsp3) is 0.364. The zero-order valence-electron chi connectivity index (χ0n) is 9.17. The van der Waals surface area contributed by atoms with Crippen LogP contribution in [0.5, 0.6) is 0 Å². The van der Waals surface area contributed by atoms with Crippen LogP contribution in [0.25, 0.3) is 0 Å². The second-order valence-corrected chi connectivity index (χ2v) is 5.27. The number of aromatic carboxylic acids is 1. The predicted octanol–water partition coefficient (Wildman–Crippen LogP) is 1.53. The number of benzene rings is 1. The molecule has 1 rings (SSSR count). The summed E-state index contributed by atoms with van der Waals surface area (Å²) in [7, 11) is 0.300. The summed E-state index contributed by atoms with van der Waals surface area (Å²) in [6.07, 6.45) is 0. The van der Waals surface area contributed by atoms with Gasteiger partial charge in [-0.2, -0.15) is 0 Å². The maximum atomic E-state index is 11.9. The lowest BCUT2D eigenvalue weighted by Crippen LogP contribution is -2.17. The fourth-order valence-corrected chi connectivity index (χ4v) is 2.46. The van der Waals surface area contributed by atoms with Gasteiger partial charge in [0.25, 0.3) is 0 Å². The van der Waals surface area contributed by atoms with Gasteiger partial charge in [-0.15, -0.1) is 0 Å². The summed E-state index contributed by atoms with van der Waals surface area (Å²) in [5, 5.41) is 8.65. The molecule has 16 heavy (non-hydrogen) atoms. The van der Waals surface area contributed by atoms with E-state index in [0.29, 0.717) is 11.5 Å². The van der Waals surface area contributed by atoms with E-state index >= 15 is 0 Å². The molecular weight excluding hydrogens is 228 g/mol. The molecule has 0 saturated carbocycles. The average molecular weight is 242 g/mol. The maximum absolute atomic E-state index is 11.9. The maximum Gasteiger partial charge on any atom is 0.335 e. The minimum Gasteiger partial charge on any atom is -0.478 e. The van der Waals surface area contributed by atoms with Crippen LogP contribution in [-0.4, -0.2) is 34.3 Å². The predicted molar refractivity (Wildman–Crippen MR) is 61.1 cm³/mol. The molecule has 0 spiro atoms. The van der Waals surface area contributed by atoms with E-state index in [0.717, 1.165) is 0 Å². The molecule has 88 valence electrons. The van der Waals surface area contributed by atoms with Gasteiger partial charge in [0.2, 0.25) is 0 Å². The molecule has 0 aliphatic rings. The van der Waals surface area contributed by atoms with E-state index in [1.807, 2.05) is 0 Å². The van der Waals surface area contributed by atoms with Crippen LogP contribution in [0.15, 0.2) is 29.2 Å². The van der Waals surface area contributed by atoms with Crippen molar-refractivity contribution in [1.29, 1.82) is 0 Å². The zero-order chi connectivity index (χ0) is 12.1. The Hall–Kier alpha value is -1.20. The van der Waals surface area contributed by atoms with E-state index in [4.69, 9.17) is 9.84 Å². The lowest BCUT2D eigenvalue weighted by molar-refractivity contribution is 0.0696. The van der Waals surface area contributed by atoms with Gasteiger partial charge in [0.15, 0.2) is 0 Å². The molecule has 2 atom stereocenters. The second-order valence-electron chi connectivity index (χ2n) is 3.40. The number of carboxylic acids is 1. The van der Waals surface area contributed by atoms with Crippen LogP contribution in [0.2, 0.25) is 0 Å². The molecule has 0 saturated heterocycles. The normalized spacial score (nSPS) is 14.4. The molecule has 1 aromatic rings. The lowest BCUT2D eigenvalue weighted by atomic mass is 10.2. The first-order chi connectivity index (χ1) is 7.56. The third-order valence-electron chi connectivity index (χ3n) is 2.08. The number of carbonyl (C=O) groups is 1. The van der Waals surface area contributed by atoms with Crippen molar-refractivity contribution in [1.82, 2.24) is 0 Å². The number of rotatable bonds is 5. The molecule has 0 heterocycles. The summed E-state index contributed by atoms with van der Waals surface area (Å²) in [6, 6.07) is 6.17. The molecule has 0 aromatic heterocycles. The van der Waals surface area contributed by atoms with Gasteiger partial charge in [-0.3, -0.25) is 4.21 Å². The number of hydrogen-bond donors (Lipinski definition) is 1. The van der Waals surface area contributed by atoms with Crippen LogP contribution in [0.1, 0.15) is 17.3 Å². The largest absolute Gasteiger partial charge is 0.478 e. The highest BCUT2D eigenvalue weighted by atomic mass is 32.2. The van der Waals surface area contributed by atoms with Gasteiger partial charge in [0.05, 0.1) is 28.2 Å². The first-order valence-electron chi connectivity index (χ1n) is 4.79. The average Bonchev–Trinajstić information content (AvgIpc) is 2.28. The summed E-state index contributed by atoms with van der Waals surface area (Å²) in [4.78, 5) is 11.3. The Labute approximate surface area is 96.7 Å². The Morgan fingerprint density at radius 2 is 2.25 bits per heavy atom. The zero-order valence-corrected chi connectivity index (χ0v) is 9.99. The van der Waals surface area contributed by atoms with Crippen LogP contribution < -0.4 is 0 Å². The summed E-state index contributed by atoms with van der Waals surface area (Å²) in [5.74, 6) is -1.02. The minimum atomic E-state index is -1.24. The van der Waals surface area contributed by atoms with Crippen molar-refractivity contribution in [2.24, 2.45) is 0 Å². The third-order valence-corrected chi connectivity index (χ3v) is 3.67. The fourth-order valence-electron chi connectivity index (χ4n) is 1.28. The second kappa shape index (κ2) is 5.77. The Balaban J connectivity index is 2.91. The molecule has 2 unspecified atom stereocenters. The van der Waals surface area contributed by atoms with Crippen LogP contribution in [0.4, 0.5) is 0 Å². The van der Waals surface area contributed by atoms with Gasteiger partial charge < -0.3 is 9.84 Å². The van der Waals surface area contributed by atoms with E-state index in [1.165, 1.54) is 12.1 Å². The van der Waals surface area contributed by atoms with Crippen molar-refractivity contribution in [3.8, 4) is 0 Å². The first kappa shape index (κ1) is 12.9. The molecule has 5 heteroatoms. The van der Waals surface area contributed by atoms with E-state index in [9.17, 15) is 9.00 Å².